The molecule has 21 heavy (non-hydrogen) atoms. The Morgan fingerprint density at radius 1 is 1.14 bits per heavy atom. The topological polar surface area (TPSA) is 63.2 Å². The molecule has 0 N–H and O–H groups in total. The molecule has 0 saturated carbocycles. The second-order valence-corrected chi connectivity index (χ2v) is 5.32. The zero-order valence-corrected chi connectivity index (χ0v) is 12.2. The van der Waals surface area contributed by atoms with Gasteiger partial charge in [0.25, 0.3) is 0 Å². The van der Waals surface area contributed by atoms with E-state index >= 15 is 0 Å². The molecular weight excluding hydrogens is 260 g/mol. The third-order valence-corrected chi connectivity index (χ3v) is 3.88. The molecule has 4 heteroatoms. The van der Waals surface area contributed by atoms with Crippen molar-refractivity contribution >= 4 is 5.84 Å². The van der Waals surface area contributed by atoms with Crippen molar-refractivity contribution < 1.29 is 0 Å². The predicted octanol–water partition coefficient (Wildman–Crippen LogP) is 3.12. The first kappa shape index (κ1) is 15.1. The van der Waals surface area contributed by atoms with E-state index in [2.05, 4.69) is 28.1 Å². The van der Waals surface area contributed by atoms with Gasteiger partial charge in [0.05, 0.1) is 6.07 Å². The van der Waals surface area contributed by atoms with Gasteiger partial charge in [-0.05, 0) is 37.7 Å². The highest BCUT2D eigenvalue weighted by atomic mass is 15.2. The summed E-state index contributed by atoms with van der Waals surface area (Å²) in [6.07, 6.45) is 6.85. The van der Waals surface area contributed by atoms with E-state index in [4.69, 9.17) is 5.26 Å². The third-order valence-electron chi connectivity index (χ3n) is 3.88. The first-order valence-electron chi connectivity index (χ1n) is 7.50. The SMILES string of the molecule is N#CN=C(C(C#N)CCc1ccccc1)N1CCCCC1. The fourth-order valence-electron chi connectivity index (χ4n) is 2.75. The minimum atomic E-state index is -0.303. The summed E-state index contributed by atoms with van der Waals surface area (Å²) in [6.45, 7) is 1.81. The van der Waals surface area contributed by atoms with E-state index in [-0.39, 0.29) is 5.92 Å². The summed E-state index contributed by atoms with van der Waals surface area (Å²) < 4.78 is 0. The Kier molecular flexibility index (Phi) is 5.79. The van der Waals surface area contributed by atoms with E-state index in [0.717, 1.165) is 32.4 Å². The lowest BCUT2D eigenvalue weighted by Gasteiger charge is -2.31. The normalized spacial score (nSPS) is 16.9. The number of piperidine rings is 1. The Hall–Kier alpha value is -2.33. The molecule has 0 radical (unpaired) electrons. The molecule has 1 aromatic rings. The quantitative estimate of drug-likeness (QED) is 0.483. The van der Waals surface area contributed by atoms with Gasteiger partial charge in [-0.3, -0.25) is 0 Å². The van der Waals surface area contributed by atoms with E-state index in [1.165, 1.54) is 12.0 Å². The Labute approximate surface area is 126 Å². The van der Waals surface area contributed by atoms with Crippen LogP contribution in [-0.2, 0) is 6.42 Å². The van der Waals surface area contributed by atoms with Crippen molar-refractivity contribution in [2.45, 2.75) is 32.1 Å². The van der Waals surface area contributed by atoms with Crippen molar-refractivity contribution in [3.8, 4) is 12.3 Å². The minimum Gasteiger partial charge on any atom is -0.358 e. The van der Waals surface area contributed by atoms with E-state index in [1.807, 2.05) is 24.4 Å². The van der Waals surface area contributed by atoms with Crippen LogP contribution in [0.15, 0.2) is 35.3 Å². The average molecular weight is 280 g/mol. The number of likely N-dealkylation sites (tertiary alicyclic amines) is 1. The lowest BCUT2D eigenvalue weighted by molar-refractivity contribution is 0.330. The number of rotatable bonds is 4. The molecule has 0 aliphatic carbocycles. The fourth-order valence-corrected chi connectivity index (χ4v) is 2.75. The summed E-state index contributed by atoms with van der Waals surface area (Å²) in [5.74, 6) is 0.360. The number of amidine groups is 1. The largest absolute Gasteiger partial charge is 0.358 e. The third kappa shape index (κ3) is 4.33. The van der Waals surface area contributed by atoms with Crippen LogP contribution in [0.25, 0.3) is 0 Å². The maximum Gasteiger partial charge on any atom is 0.207 e. The monoisotopic (exact) mass is 280 g/mol. The minimum absolute atomic E-state index is 0.303. The van der Waals surface area contributed by atoms with E-state index in [9.17, 15) is 5.26 Å². The first-order valence-corrected chi connectivity index (χ1v) is 7.50. The van der Waals surface area contributed by atoms with Crippen LogP contribution < -0.4 is 0 Å². The van der Waals surface area contributed by atoms with Gasteiger partial charge in [-0.2, -0.15) is 15.5 Å². The van der Waals surface area contributed by atoms with Crippen molar-refractivity contribution in [2.75, 3.05) is 13.1 Å². The average Bonchev–Trinajstić information content (AvgIpc) is 2.56. The maximum absolute atomic E-state index is 9.46. The van der Waals surface area contributed by atoms with E-state index < -0.39 is 0 Å². The zero-order valence-electron chi connectivity index (χ0n) is 12.2. The van der Waals surface area contributed by atoms with Gasteiger partial charge in [-0.1, -0.05) is 30.3 Å². The van der Waals surface area contributed by atoms with Crippen LogP contribution in [0.1, 0.15) is 31.2 Å². The lowest BCUT2D eigenvalue weighted by atomic mass is 9.97. The molecular formula is C17H20N4. The Morgan fingerprint density at radius 3 is 2.48 bits per heavy atom. The summed E-state index contributed by atoms with van der Waals surface area (Å²) >= 11 is 0. The number of nitriles is 2. The maximum atomic E-state index is 9.46. The molecule has 2 rings (SSSR count). The van der Waals surface area contributed by atoms with E-state index in [1.54, 1.807) is 0 Å². The molecule has 0 amide bonds. The molecule has 1 heterocycles. The predicted molar refractivity (Wildman–Crippen MR) is 82.3 cm³/mol. The first-order chi connectivity index (χ1) is 10.3. The number of aryl methyl sites for hydroxylation is 1. The number of nitrogens with zero attached hydrogens (tertiary/aromatic N) is 4. The van der Waals surface area contributed by atoms with Gasteiger partial charge in [-0.15, -0.1) is 0 Å². The molecule has 108 valence electrons. The molecule has 0 bridgehead atoms. The molecule has 1 saturated heterocycles. The number of aliphatic imine (C=N–C) groups is 1. The summed E-state index contributed by atoms with van der Waals surface area (Å²) in [4.78, 5) is 6.07. The fraction of sp³-hybridized carbons (Fsp3) is 0.471. The van der Waals surface area contributed by atoms with Gasteiger partial charge in [0, 0.05) is 13.1 Å². The van der Waals surface area contributed by atoms with Crippen molar-refractivity contribution in [3.63, 3.8) is 0 Å². The van der Waals surface area contributed by atoms with Crippen LogP contribution >= 0.6 is 0 Å². The number of hydrogen-bond donors (Lipinski definition) is 0. The van der Waals surface area contributed by atoms with Crippen molar-refractivity contribution in [2.24, 2.45) is 10.9 Å². The lowest BCUT2D eigenvalue weighted by Crippen LogP contribution is -2.39. The van der Waals surface area contributed by atoms with Crippen molar-refractivity contribution in [1.82, 2.24) is 4.90 Å². The van der Waals surface area contributed by atoms with Crippen molar-refractivity contribution in [1.29, 1.82) is 10.5 Å². The van der Waals surface area contributed by atoms with Crippen LogP contribution in [0, 0.1) is 28.7 Å². The Bertz CT molecular complexity index is 544. The molecule has 1 unspecified atom stereocenters. The van der Waals surface area contributed by atoms with Gasteiger partial charge in [0.2, 0.25) is 6.19 Å². The van der Waals surface area contributed by atoms with Gasteiger partial charge in [0.1, 0.15) is 11.8 Å². The number of hydrogen-bond acceptors (Lipinski definition) is 3. The summed E-state index contributed by atoms with van der Waals surface area (Å²) in [5.41, 5.74) is 1.22. The van der Waals surface area contributed by atoms with Gasteiger partial charge in [0.15, 0.2) is 0 Å². The molecule has 0 spiro atoms. The smallest absolute Gasteiger partial charge is 0.207 e. The van der Waals surface area contributed by atoms with Crippen LogP contribution in [0.5, 0.6) is 0 Å². The van der Waals surface area contributed by atoms with Crippen LogP contribution in [-0.4, -0.2) is 23.8 Å². The second-order valence-electron chi connectivity index (χ2n) is 5.32. The molecule has 1 aromatic carbocycles. The molecule has 1 fully saturated rings. The highest BCUT2D eigenvalue weighted by Crippen LogP contribution is 2.17. The van der Waals surface area contributed by atoms with Gasteiger partial charge in [-0.25, -0.2) is 0 Å². The Morgan fingerprint density at radius 2 is 1.86 bits per heavy atom. The number of benzene rings is 1. The van der Waals surface area contributed by atoms with Crippen LogP contribution in [0.3, 0.4) is 0 Å². The summed E-state index contributed by atoms with van der Waals surface area (Å²) in [7, 11) is 0. The highest BCUT2D eigenvalue weighted by Gasteiger charge is 2.23. The highest BCUT2D eigenvalue weighted by molar-refractivity contribution is 5.87. The molecule has 1 aliphatic rings. The summed E-state index contributed by atoms with van der Waals surface area (Å²) in [6, 6.07) is 12.5. The zero-order chi connectivity index (χ0) is 14.9. The second kappa shape index (κ2) is 8.07. The standard InChI is InChI=1S/C17H20N4/c18-13-16(10-9-15-7-3-1-4-8-15)17(20-14-19)21-11-5-2-6-12-21/h1,3-4,7-8,16H,2,5-6,9-12H2. The molecule has 0 aromatic heterocycles. The van der Waals surface area contributed by atoms with Crippen LogP contribution in [0.2, 0.25) is 0 Å². The summed E-state index contributed by atoms with van der Waals surface area (Å²) in [5, 5.41) is 18.4. The van der Waals surface area contributed by atoms with Gasteiger partial charge < -0.3 is 4.90 Å². The van der Waals surface area contributed by atoms with E-state index in [0.29, 0.717) is 12.3 Å². The van der Waals surface area contributed by atoms with Crippen molar-refractivity contribution in [3.05, 3.63) is 35.9 Å². The molecule has 4 nitrogen and oxygen atoms in total. The molecule has 1 aliphatic heterocycles. The molecule has 1 atom stereocenters. The Balaban J connectivity index is 2.04. The van der Waals surface area contributed by atoms with Gasteiger partial charge >= 0.3 is 0 Å². The van der Waals surface area contributed by atoms with Crippen LogP contribution in [0.4, 0.5) is 0 Å².